The summed E-state index contributed by atoms with van der Waals surface area (Å²) in [6.45, 7) is 0. The number of pyridine rings is 1. The van der Waals surface area contributed by atoms with Crippen molar-refractivity contribution in [3.63, 3.8) is 0 Å². The lowest BCUT2D eigenvalue weighted by Crippen LogP contribution is -2.41. The second kappa shape index (κ2) is 11.2. The molecule has 43 heavy (non-hydrogen) atoms. The maximum absolute atomic E-state index is 14.4. The Morgan fingerprint density at radius 3 is 2.19 bits per heavy atom. The van der Waals surface area contributed by atoms with Crippen LogP contribution in [0.5, 0.6) is 0 Å². The van der Waals surface area contributed by atoms with Gasteiger partial charge in [0.2, 0.25) is 0 Å². The van der Waals surface area contributed by atoms with Crippen molar-refractivity contribution in [3.05, 3.63) is 28.5 Å². The van der Waals surface area contributed by atoms with Crippen LogP contribution >= 0.6 is 11.3 Å². The van der Waals surface area contributed by atoms with Crippen molar-refractivity contribution >= 4 is 38.8 Å². The van der Waals surface area contributed by atoms with Gasteiger partial charge in [-0.3, -0.25) is 9.59 Å². The fourth-order valence-electron chi connectivity index (χ4n) is 6.37. The molecule has 2 bridgehead atoms. The number of amides is 2. The Morgan fingerprint density at radius 1 is 1.00 bits per heavy atom. The molecule has 3 saturated heterocycles. The molecule has 2 N–H and O–H groups in total. The van der Waals surface area contributed by atoms with Crippen molar-refractivity contribution in [2.45, 2.75) is 88.1 Å². The molecule has 1 aliphatic carbocycles. The minimum atomic E-state index is -4.59. The Hall–Kier alpha value is -2.88. The molecular formula is C27H30F5N5O4S2. The van der Waals surface area contributed by atoms with Crippen molar-refractivity contribution in [1.82, 2.24) is 20.2 Å². The third-order valence-electron chi connectivity index (χ3n) is 8.77. The van der Waals surface area contributed by atoms with E-state index in [9.17, 15) is 40.0 Å². The van der Waals surface area contributed by atoms with Gasteiger partial charge in [-0.05, 0) is 63.4 Å². The Balaban J connectivity index is 1.34. The third kappa shape index (κ3) is 6.22. The third-order valence-corrected chi connectivity index (χ3v) is 11.6. The molecule has 0 aromatic carbocycles. The van der Waals surface area contributed by atoms with E-state index < -0.39 is 57.8 Å². The predicted octanol–water partition coefficient (Wildman–Crippen LogP) is 4.97. The van der Waals surface area contributed by atoms with Crippen molar-refractivity contribution < 1.29 is 40.0 Å². The number of halogens is 5. The molecular weight excluding hydrogens is 617 g/mol. The largest absolute Gasteiger partial charge is 0.408 e. The van der Waals surface area contributed by atoms with E-state index in [2.05, 4.69) is 20.6 Å². The lowest BCUT2D eigenvalue weighted by atomic mass is 10.0. The summed E-state index contributed by atoms with van der Waals surface area (Å²) in [7, 11) is -3.17. The van der Waals surface area contributed by atoms with Crippen LogP contribution in [-0.4, -0.2) is 76.9 Å². The number of hydrogen-bond acceptors (Lipinski definition) is 8. The molecule has 9 nitrogen and oxygen atoms in total. The van der Waals surface area contributed by atoms with Crippen LogP contribution in [-0.2, 0) is 9.84 Å². The summed E-state index contributed by atoms with van der Waals surface area (Å²) in [6, 6.07) is -1.54. The van der Waals surface area contributed by atoms with Crippen LogP contribution in [0.4, 0.5) is 27.8 Å². The number of carbonyl (C=O) groups excluding carboxylic acids is 2. The van der Waals surface area contributed by atoms with Crippen LogP contribution in [0.1, 0.15) is 83.6 Å². The van der Waals surface area contributed by atoms with Gasteiger partial charge in [0.15, 0.2) is 5.01 Å². The summed E-state index contributed by atoms with van der Waals surface area (Å²) in [4.78, 5) is 37.0. The summed E-state index contributed by atoms with van der Waals surface area (Å²) < 4.78 is 93.2. The maximum Gasteiger partial charge on any atom is 0.408 e. The molecule has 234 valence electrons. The zero-order valence-electron chi connectivity index (χ0n) is 22.9. The molecule has 4 fully saturated rings. The fraction of sp³-hybridized carbons (Fsp3) is 0.630. The van der Waals surface area contributed by atoms with Gasteiger partial charge in [0, 0.05) is 35.4 Å². The second-order valence-corrected chi connectivity index (χ2v) is 15.0. The number of hydrogen-bond donors (Lipinski definition) is 2. The first-order chi connectivity index (χ1) is 20.3. The highest BCUT2D eigenvalue weighted by atomic mass is 32.2. The molecule has 2 aromatic heterocycles. The van der Waals surface area contributed by atoms with Gasteiger partial charge in [0.05, 0.1) is 16.4 Å². The monoisotopic (exact) mass is 647 g/mol. The number of nitrogens with one attached hydrogen (secondary N) is 2. The Labute approximate surface area is 248 Å². The van der Waals surface area contributed by atoms with Crippen molar-refractivity contribution in [2.24, 2.45) is 5.92 Å². The normalized spacial score (nSPS) is 24.4. The summed E-state index contributed by atoms with van der Waals surface area (Å²) >= 11 is 0.727. The Kier molecular flexibility index (Phi) is 7.88. The first kappa shape index (κ1) is 30.2. The van der Waals surface area contributed by atoms with Crippen LogP contribution in [0.15, 0.2) is 12.3 Å². The van der Waals surface area contributed by atoms with Crippen molar-refractivity contribution in [1.29, 1.82) is 0 Å². The zero-order chi connectivity index (χ0) is 30.7. The van der Waals surface area contributed by atoms with E-state index in [0.717, 1.165) is 49.3 Å². The highest BCUT2D eigenvalue weighted by molar-refractivity contribution is 7.91. The molecule has 0 unspecified atom stereocenters. The van der Waals surface area contributed by atoms with E-state index >= 15 is 0 Å². The van der Waals surface area contributed by atoms with Gasteiger partial charge in [0.1, 0.15) is 27.4 Å². The lowest BCUT2D eigenvalue weighted by Gasteiger charge is -2.23. The van der Waals surface area contributed by atoms with E-state index in [0.29, 0.717) is 12.8 Å². The minimum Gasteiger partial charge on any atom is -0.358 e. The van der Waals surface area contributed by atoms with Gasteiger partial charge in [-0.25, -0.2) is 27.2 Å². The molecule has 16 heteroatoms. The molecule has 3 aliphatic heterocycles. The first-order valence-electron chi connectivity index (χ1n) is 14.3. The number of carbonyl (C=O) groups is 2. The van der Waals surface area contributed by atoms with Gasteiger partial charge in [-0.1, -0.05) is 0 Å². The first-order valence-corrected chi connectivity index (χ1v) is 16.9. The predicted molar refractivity (Wildman–Crippen MR) is 148 cm³/mol. The fourth-order valence-corrected chi connectivity index (χ4v) is 8.85. The van der Waals surface area contributed by atoms with Gasteiger partial charge < -0.3 is 15.5 Å². The number of anilines is 1. The number of aromatic nitrogens is 2. The second-order valence-electron chi connectivity index (χ2n) is 11.7. The molecule has 0 spiro atoms. The van der Waals surface area contributed by atoms with Crippen LogP contribution in [0.3, 0.4) is 0 Å². The summed E-state index contributed by atoms with van der Waals surface area (Å²) in [6.07, 6.45) is -2.35. The molecule has 2 amide bonds. The quantitative estimate of drug-likeness (QED) is 0.388. The van der Waals surface area contributed by atoms with Crippen molar-refractivity contribution in [3.8, 4) is 10.4 Å². The van der Waals surface area contributed by atoms with Crippen LogP contribution in [0.25, 0.3) is 10.4 Å². The smallest absolute Gasteiger partial charge is 0.358 e. The van der Waals surface area contributed by atoms with E-state index in [1.807, 2.05) is 0 Å². The minimum absolute atomic E-state index is 0.0170. The molecule has 4 aliphatic rings. The molecule has 2 aromatic rings. The van der Waals surface area contributed by atoms with Crippen LogP contribution in [0, 0.1) is 5.92 Å². The number of thiazole rings is 1. The van der Waals surface area contributed by atoms with E-state index in [4.69, 9.17) is 0 Å². The SMILES string of the molecule is O=C(NC1CCS(=O)(=O)CC1)c1nc(C(=O)N2[C@H]3CC[C@H]2CC3)c(-c2cnc(N[C@@H](C3CC3)C(F)(F)F)cc2C(F)F)s1. The molecule has 1 saturated carbocycles. The molecule has 6 rings (SSSR count). The van der Waals surface area contributed by atoms with Crippen molar-refractivity contribution in [2.75, 3.05) is 16.8 Å². The highest BCUT2D eigenvalue weighted by Gasteiger charge is 2.49. The van der Waals surface area contributed by atoms with Crippen LogP contribution < -0.4 is 10.6 Å². The molecule has 0 radical (unpaired) electrons. The number of fused-ring (bicyclic) bond motifs is 2. The summed E-state index contributed by atoms with van der Waals surface area (Å²) in [5.41, 5.74) is -1.01. The maximum atomic E-state index is 14.4. The van der Waals surface area contributed by atoms with Crippen LogP contribution in [0.2, 0.25) is 0 Å². The van der Waals surface area contributed by atoms with E-state index in [-0.39, 0.29) is 63.4 Å². The average molecular weight is 648 g/mol. The van der Waals surface area contributed by atoms with Gasteiger partial charge in [0.25, 0.3) is 18.2 Å². The topological polar surface area (TPSA) is 121 Å². The molecule has 1 atom stereocenters. The highest BCUT2D eigenvalue weighted by Crippen LogP contribution is 2.44. The lowest BCUT2D eigenvalue weighted by molar-refractivity contribution is -0.146. The summed E-state index contributed by atoms with van der Waals surface area (Å²) in [5.74, 6) is -2.35. The number of sulfone groups is 1. The zero-order valence-corrected chi connectivity index (χ0v) is 24.5. The Bertz CT molecular complexity index is 1490. The average Bonchev–Trinajstić information content (AvgIpc) is 3.37. The van der Waals surface area contributed by atoms with Gasteiger partial charge >= 0.3 is 6.18 Å². The van der Waals surface area contributed by atoms with Gasteiger partial charge in [-0.15, -0.1) is 11.3 Å². The van der Waals surface area contributed by atoms with E-state index in [1.165, 1.54) is 0 Å². The number of alkyl halides is 5. The van der Waals surface area contributed by atoms with Gasteiger partial charge in [-0.2, -0.15) is 13.2 Å². The standard InChI is InChI=1S/C27H30F5N5O4S2/c28-23(29)17-11-19(35-22(13-1-2-13)27(30,31)32)33-12-18(17)21-20(26(39)37-15-3-4-16(37)6-5-15)36-25(42-21)24(38)34-14-7-9-43(40,41)10-8-14/h11-16,22-23H,1-10H2,(H,33,35)(H,34,38)/t15-,16-,22-/m0/s1. The summed E-state index contributed by atoms with van der Waals surface area (Å²) in [5, 5.41) is 4.85. The molecule has 5 heterocycles. The Morgan fingerprint density at radius 2 is 1.63 bits per heavy atom. The van der Waals surface area contributed by atoms with E-state index in [1.54, 1.807) is 4.90 Å². The number of rotatable bonds is 8. The number of nitrogens with zero attached hydrogens (tertiary/aromatic N) is 3.